The molecule has 7 nitrogen and oxygen atoms in total. The molecule has 0 aliphatic carbocycles. The van der Waals surface area contributed by atoms with Crippen molar-refractivity contribution in [2.75, 3.05) is 37.7 Å². The summed E-state index contributed by atoms with van der Waals surface area (Å²) in [5.74, 6) is 1.27. The second-order valence-corrected chi connectivity index (χ2v) is 10.1. The molecule has 0 saturated carbocycles. The smallest absolute Gasteiger partial charge is 0.289 e. The first-order valence-electron chi connectivity index (χ1n) is 13.3. The summed E-state index contributed by atoms with van der Waals surface area (Å²) in [6, 6.07) is 30.4. The van der Waals surface area contributed by atoms with Gasteiger partial charge in [0.2, 0.25) is 0 Å². The normalized spacial score (nSPS) is 15.8. The van der Waals surface area contributed by atoms with E-state index in [1.54, 1.807) is 17.0 Å². The molecule has 3 aromatic carbocycles. The molecule has 0 bridgehead atoms. The fourth-order valence-corrected chi connectivity index (χ4v) is 5.44. The number of anilines is 1. The van der Waals surface area contributed by atoms with Gasteiger partial charge in [-0.3, -0.25) is 19.4 Å². The number of carbonyl (C=O) groups excluding carboxylic acids is 2. The predicted octanol–water partition coefficient (Wildman–Crippen LogP) is 5.06. The van der Waals surface area contributed by atoms with Gasteiger partial charge in [-0.1, -0.05) is 66.7 Å². The minimum atomic E-state index is -0.141. The molecule has 0 unspecified atom stereocenters. The zero-order chi connectivity index (χ0) is 26.8. The van der Waals surface area contributed by atoms with Crippen LogP contribution in [0.25, 0.3) is 0 Å². The highest BCUT2D eigenvalue weighted by molar-refractivity contribution is 5.97. The highest BCUT2D eigenvalue weighted by Gasteiger charge is 2.30. The number of hydrogen-bond donors (Lipinski definition) is 0. The average molecular weight is 522 g/mol. The van der Waals surface area contributed by atoms with E-state index in [-0.39, 0.29) is 31.0 Å². The lowest BCUT2D eigenvalue weighted by Gasteiger charge is -2.39. The number of furan rings is 1. The second-order valence-electron chi connectivity index (χ2n) is 10.1. The highest BCUT2D eigenvalue weighted by Crippen LogP contribution is 2.34. The molecule has 0 atom stereocenters. The predicted molar refractivity (Wildman–Crippen MR) is 149 cm³/mol. The molecule has 0 spiro atoms. The van der Waals surface area contributed by atoms with Gasteiger partial charge in [0, 0.05) is 26.2 Å². The van der Waals surface area contributed by atoms with Gasteiger partial charge in [0.05, 0.1) is 18.3 Å². The molecule has 198 valence electrons. The largest absolute Gasteiger partial charge is 0.482 e. The number of fused-ring (bicyclic) bond motifs is 1. The standard InChI is InChI=1S/C32H31N3O4/c1-23-12-14-27-29(20-23)38-22-30(36)35(27)21-26-13-15-28(39-26)32(37)34-18-16-33(17-19-34)31(24-8-4-2-5-9-24)25-10-6-3-7-11-25/h2-15,20,31H,16-19,21-22H2,1H3. The molecule has 2 amide bonds. The van der Waals surface area contributed by atoms with Gasteiger partial charge < -0.3 is 14.1 Å². The van der Waals surface area contributed by atoms with Crippen molar-refractivity contribution in [3.63, 3.8) is 0 Å². The van der Waals surface area contributed by atoms with Crippen LogP contribution >= 0.6 is 0 Å². The maximum Gasteiger partial charge on any atom is 0.289 e. The van der Waals surface area contributed by atoms with Gasteiger partial charge in [-0.25, -0.2) is 0 Å². The molecular formula is C32H31N3O4. The molecule has 39 heavy (non-hydrogen) atoms. The summed E-state index contributed by atoms with van der Waals surface area (Å²) in [6.45, 7) is 4.95. The molecule has 2 aliphatic heterocycles. The summed E-state index contributed by atoms with van der Waals surface area (Å²) < 4.78 is 11.6. The zero-order valence-electron chi connectivity index (χ0n) is 22.0. The summed E-state index contributed by atoms with van der Waals surface area (Å²) in [6.07, 6.45) is 0. The number of carbonyl (C=O) groups is 2. The van der Waals surface area contributed by atoms with Crippen LogP contribution in [0.5, 0.6) is 5.75 Å². The summed E-state index contributed by atoms with van der Waals surface area (Å²) in [5.41, 5.74) is 4.26. The number of nitrogens with zero attached hydrogens (tertiary/aromatic N) is 3. The Hall–Kier alpha value is -4.36. The van der Waals surface area contributed by atoms with Crippen LogP contribution in [0.1, 0.15) is 39.0 Å². The number of piperazine rings is 1. The molecular weight excluding hydrogens is 490 g/mol. The van der Waals surface area contributed by atoms with Crippen molar-refractivity contribution in [3.05, 3.63) is 119 Å². The SMILES string of the molecule is Cc1ccc2c(c1)OCC(=O)N2Cc1ccc(C(=O)N2CCN(C(c3ccccc3)c3ccccc3)CC2)o1. The number of aryl methyl sites for hydroxylation is 1. The van der Waals surface area contributed by atoms with Crippen LogP contribution in [0.3, 0.4) is 0 Å². The Labute approximate surface area is 228 Å². The Balaban J connectivity index is 1.13. The van der Waals surface area contributed by atoms with Gasteiger partial charge in [0.1, 0.15) is 11.5 Å². The van der Waals surface area contributed by atoms with Gasteiger partial charge in [-0.15, -0.1) is 0 Å². The van der Waals surface area contributed by atoms with Crippen LogP contribution in [0.2, 0.25) is 0 Å². The number of benzene rings is 3. The van der Waals surface area contributed by atoms with E-state index in [9.17, 15) is 9.59 Å². The van der Waals surface area contributed by atoms with Crippen LogP contribution < -0.4 is 9.64 Å². The average Bonchev–Trinajstić information content (AvgIpc) is 3.44. The number of rotatable bonds is 6. The summed E-state index contributed by atoms with van der Waals surface area (Å²) >= 11 is 0. The van der Waals surface area contributed by atoms with E-state index in [0.29, 0.717) is 36.0 Å². The lowest BCUT2D eigenvalue weighted by molar-refractivity contribution is -0.121. The van der Waals surface area contributed by atoms with Crippen molar-refractivity contribution in [3.8, 4) is 5.75 Å². The number of ether oxygens (including phenoxy) is 1. The Morgan fingerprint density at radius 2 is 1.51 bits per heavy atom. The molecule has 3 heterocycles. The lowest BCUT2D eigenvalue weighted by Crippen LogP contribution is -2.49. The Morgan fingerprint density at radius 3 is 2.18 bits per heavy atom. The third-order valence-corrected chi connectivity index (χ3v) is 7.44. The maximum atomic E-state index is 13.3. The Bertz CT molecular complexity index is 1420. The third kappa shape index (κ3) is 5.18. The lowest BCUT2D eigenvalue weighted by atomic mass is 9.96. The molecule has 2 aliphatic rings. The van der Waals surface area contributed by atoms with Crippen LogP contribution in [0, 0.1) is 6.92 Å². The van der Waals surface area contributed by atoms with Crippen molar-refractivity contribution in [1.82, 2.24) is 9.80 Å². The van der Waals surface area contributed by atoms with E-state index in [0.717, 1.165) is 18.7 Å². The van der Waals surface area contributed by atoms with Gasteiger partial charge in [-0.05, 0) is 47.9 Å². The van der Waals surface area contributed by atoms with Gasteiger partial charge in [0.25, 0.3) is 11.8 Å². The minimum absolute atomic E-state index is 0.0137. The van der Waals surface area contributed by atoms with Crippen molar-refractivity contribution in [1.29, 1.82) is 0 Å². The monoisotopic (exact) mass is 521 g/mol. The van der Waals surface area contributed by atoms with E-state index in [1.165, 1.54) is 11.1 Å². The fraction of sp³-hybridized carbons (Fsp3) is 0.250. The van der Waals surface area contributed by atoms with E-state index in [4.69, 9.17) is 9.15 Å². The van der Waals surface area contributed by atoms with Crippen molar-refractivity contribution < 1.29 is 18.7 Å². The van der Waals surface area contributed by atoms with Crippen molar-refractivity contribution >= 4 is 17.5 Å². The number of hydrogen-bond acceptors (Lipinski definition) is 5. The third-order valence-electron chi connectivity index (χ3n) is 7.44. The highest BCUT2D eigenvalue weighted by atomic mass is 16.5. The molecule has 1 aromatic heterocycles. The van der Waals surface area contributed by atoms with Crippen LogP contribution in [0.4, 0.5) is 5.69 Å². The maximum absolute atomic E-state index is 13.3. The van der Waals surface area contributed by atoms with Gasteiger partial charge in [-0.2, -0.15) is 0 Å². The molecule has 0 radical (unpaired) electrons. The first-order valence-corrected chi connectivity index (χ1v) is 13.3. The minimum Gasteiger partial charge on any atom is -0.482 e. The van der Waals surface area contributed by atoms with E-state index >= 15 is 0 Å². The Kier molecular flexibility index (Phi) is 6.90. The van der Waals surface area contributed by atoms with Gasteiger partial charge in [0.15, 0.2) is 12.4 Å². The molecule has 6 rings (SSSR count). The van der Waals surface area contributed by atoms with Crippen LogP contribution in [-0.2, 0) is 11.3 Å². The Morgan fingerprint density at radius 1 is 0.846 bits per heavy atom. The quantitative estimate of drug-likeness (QED) is 0.355. The number of amides is 2. The van der Waals surface area contributed by atoms with E-state index < -0.39 is 0 Å². The first kappa shape index (κ1) is 24.9. The van der Waals surface area contributed by atoms with Gasteiger partial charge >= 0.3 is 0 Å². The molecule has 1 saturated heterocycles. The van der Waals surface area contributed by atoms with Crippen LogP contribution in [0.15, 0.2) is 95.4 Å². The topological polar surface area (TPSA) is 66.2 Å². The summed E-state index contributed by atoms with van der Waals surface area (Å²) in [4.78, 5) is 31.9. The zero-order valence-corrected chi connectivity index (χ0v) is 22.0. The van der Waals surface area contributed by atoms with Crippen molar-refractivity contribution in [2.24, 2.45) is 0 Å². The van der Waals surface area contributed by atoms with E-state index in [2.05, 4.69) is 53.4 Å². The first-order chi connectivity index (χ1) is 19.1. The summed E-state index contributed by atoms with van der Waals surface area (Å²) in [5, 5.41) is 0. The second kappa shape index (κ2) is 10.8. The van der Waals surface area contributed by atoms with Crippen LogP contribution in [-0.4, -0.2) is 54.4 Å². The molecule has 1 fully saturated rings. The van der Waals surface area contributed by atoms with E-state index in [1.807, 2.05) is 42.2 Å². The fourth-order valence-electron chi connectivity index (χ4n) is 5.44. The summed E-state index contributed by atoms with van der Waals surface area (Å²) in [7, 11) is 0. The molecule has 4 aromatic rings. The molecule has 0 N–H and O–H groups in total. The van der Waals surface area contributed by atoms with Crippen molar-refractivity contribution in [2.45, 2.75) is 19.5 Å². The molecule has 7 heteroatoms.